The number of hydrogen-bond donors (Lipinski definition) is 1. The number of piperazine rings is 1. The fraction of sp³-hybridized carbons (Fsp3) is 0.375. The van der Waals surface area contributed by atoms with E-state index in [0.29, 0.717) is 5.56 Å². The Labute approximate surface area is 172 Å². The van der Waals surface area contributed by atoms with Gasteiger partial charge in [-0.3, -0.25) is 4.79 Å². The van der Waals surface area contributed by atoms with Crippen LogP contribution in [0.25, 0.3) is 10.9 Å². The lowest BCUT2D eigenvalue weighted by molar-refractivity contribution is 0.0963. The molecule has 1 fully saturated rings. The van der Waals surface area contributed by atoms with Crippen molar-refractivity contribution in [1.82, 2.24) is 19.7 Å². The Balaban J connectivity index is 1.50. The Morgan fingerprint density at radius 3 is 2.45 bits per heavy atom. The number of benzene rings is 2. The second-order valence-corrected chi connectivity index (χ2v) is 7.97. The van der Waals surface area contributed by atoms with Gasteiger partial charge in [0.2, 0.25) is 0 Å². The lowest BCUT2D eigenvalue weighted by Gasteiger charge is -2.32. The molecule has 1 amide bonds. The zero-order valence-corrected chi connectivity index (χ0v) is 17.4. The molecule has 1 saturated heterocycles. The number of amides is 1. The van der Waals surface area contributed by atoms with Crippen LogP contribution >= 0.6 is 0 Å². The first-order valence-electron chi connectivity index (χ1n) is 10.4. The maximum atomic E-state index is 11.8. The molecule has 1 aromatic heterocycles. The monoisotopic (exact) mass is 390 g/mol. The number of rotatable bonds is 6. The first-order chi connectivity index (χ1) is 14.1. The molecular weight excluding hydrogens is 360 g/mol. The van der Waals surface area contributed by atoms with E-state index in [0.717, 1.165) is 45.7 Å². The molecule has 0 atom stereocenters. The van der Waals surface area contributed by atoms with Crippen molar-refractivity contribution < 1.29 is 4.79 Å². The smallest absolute Gasteiger partial charge is 0.251 e. The summed E-state index contributed by atoms with van der Waals surface area (Å²) in [6.07, 6.45) is 3.39. The summed E-state index contributed by atoms with van der Waals surface area (Å²) in [5.41, 5.74) is 4.59. The summed E-state index contributed by atoms with van der Waals surface area (Å²) in [5, 5.41) is 4.02. The van der Waals surface area contributed by atoms with Crippen molar-refractivity contribution in [3.8, 4) is 0 Å². The number of carbonyl (C=O) groups is 1. The standard InChI is InChI=1S/C24H30N4O/c1-25-24(29)20-9-7-19(8-10-20)17-28-18-21(22-5-3-4-6-23(22)28)11-12-27-15-13-26(2)14-16-27/h3-10,18H,11-17H2,1-2H3,(H,25,29). The van der Waals surface area contributed by atoms with Gasteiger partial charge in [0.1, 0.15) is 0 Å². The highest BCUT2D eigenvalue weighted by molar-refractivity contribution is 5.94. The summed E-state index contributed by atoms with van der Waals surface area (Å²) >= 11 is 0. The SMILES string of the molecule is CNC(=O)c1ccc(Cn2cc(CCN3CCN(C)CC3)c3ccccc32)cc1. The number of nitrogens with one attached hydrogen (secondary N) is 1. The molecular formula is C24H30N4O. The minimum absolute atomic E-state index is 0.0471. The molecule has 4 rings (SSSR count). The number of fused-ring (bicyclic) bond motifs is 1. The van der Waals surface area contributed by atoms with Crippen molar-refractivity contribution in [3.63, 3.8) is 0 Å². The molecule has 152 valence electrons. The van der Waals surface area contributed by atoms with Gasteiger partial charge in [0.25, 0.3) is 5.91 Å². The molecule has 2 heterocycles. The lowest BCUT2D eigenvalue weighted by Crippen LogP contribution is -2.45. The van der Waals surface area contributed by atoms with Gasteiger partial charge in [-0.2, -0.15) is 0 Å². The first-order valence-corrected chi connectivity index (χ1v) is 10.4. The van der Waals surface area contributed by atoms with E-state index in [4.69, 9.17) is 0 Å². The van der Waals surface area contributed by atoms with Crippen LogP contribution in [-0.2, 0) is 13.0 Å². The van der Waals surface area contributed by atoms with E-state index in [9.17, 15) is 4.79 Å². The van der Waals surface area contributed by atoms with E-state index in [1.54, 1.807) is 7.05 Å². The van der Waals surface area contributed by atoms with Crippen molar-refractivity contribution >= 4 is 16.8 Å². The van der Waals surface area contributed by atoms with Gasteiger partial charge < -0.3 is 19.7 Å². The van der Waals surface area contributed by atoms with E-state index in [-0.39, 0.29) is 5.91 Å². The molecule has 0 radical (unpaired) electrons. The Bertz CT molecular complexity index is 968. The fourth-order valence-electron chi connectivity index (χ4n) is 4.11. The number of para-hydroxylation sites is 1. The van der Waals surface area contributed by atoms with Crippen LogP contribution in [-0.4, -0.2) is 67.1 Å². The molecule has 29 heavy (non-hydrogen) atoms. The maximum Gasteiger partial charge on any atom is 0.251 e. The van der Waals surface area contributed by atoms with Crippen LogP contribution in [0.2, 0.25) is 0 Å². The highest BCUT2D eigenvalue weighted by Crippen LogP contribution is 2.23. The van der Waals surface area contributed by atoms with Crippen LogP contribution in [0.1, 0.15) is 21.5 Å². The summed E-state index contributed by atoms with van der Waals surface area (Å²) in [6.45, 7) is 6.56. The van der Waals surface area contributed by atoms with Crippen LogP contribution in [0.5, 0.6) is 0 Å². The van der Waals surface area contributed by atoms with Crippen LogP contribution in [0.4, 0.5) is 0 Å². The van der Waals surface area contributed by atoms with Crippen LogP contribution in [0.3, 0.4) is 0 Å². The molecule has 5 nitrogen and oxygen atoms in total. The molecule has 2 aromatic carbocycles. The summed E-state index contributed by atoms with van der Waals surface area (Å²) < 4.78 is 2.34. The number of nitrogens with zero attached hydrogens (tertiary/aromatic N) is 3. The number of aromatic nitrogens is 1. The maximum absolute atomic E-state index is 11.8. The molecule has 0 saturated carbocycles. The predicted molar refractivity (Wildman–Crippen MR) is 119 cm³/mol. The highest BCUT2D eigenvalue weighted by atomic mass is 16.1. The first kappa shape index (κ1) is 19.7. The largest absolute Gasteiger partial charge is 0.355 e. The number of hydrogen-bond acceptors (Lipinski definition) is 3. The van der Waals surface area contributed by atoms with E-state index in [1.165, 1.54) is 22.0 Å². The van der Waals surface area contributed by atoms with Gasteiger partial charge >= 0.3 is 0 Å². The third kappa shape index (κ3) is 4.52. The topological polar surface area (TPSA) is 40.5 Å². The quantitative estimate of drug-likeness (QED) is 0.704. The van der Waals surface area contributed by atoms with Gasteiger partial charge in [0.15, 0.2) is 0 Å². The van der Waals surface area contributed by atoms with E-state index < -0.39 is 0 Å². The lowest BCUT2D eigenvalue weighted by atomic mass is 10.1. The molecule has 0 spiro atoms. The van der Waals surface area contributed by atoms with Crippen LogP contribution < -0.4 is 5.32 Å². The third-order valence-corrected chi connectivity index (χ3v) is 5.96. The van der Waals surface area contributed by atoms with Gasteiger partial charge in [0, 0.05) is 69.0 Å². The second kappa shape index (κ2) is 8.80. The molecule has 5 heteroatoms. The Morgan fingerprint density at radius 2 is 1.72 bits per heavy atom. The van der Waals surface area contributed by atoms with Crippen LogP contribution in [0, 0.1) is 0 Å². The number of carbonyl (C=O) groups excluding carboxylic acids is 1. The van der Waals surface area contributed by atoms with Gasteiger partial charge in [0.05, 0.1) is 0 Å². The van der Waals surface area contributed by atoms with Crippen molar-refractivity contribution in [2.75, 3.05) is 46.8 Å². The second-order valence-electron chi connectivity index (χ2n) is 7.97. The average Bonchev–Trinajstić information content (AvgIpc) is 3.11. The zero-order valence-electron chi connectivity index (χ0n) is 17.4. The van der Waals surface area contributed by atoms with Gasteiger partial charge in [-0.05, 0) is 42.8 Å². The van der Waals surface area contributed by atoms with Crippen molar-refractivity contribution in [1.29, 1.82) is 0 Å². The third-order valence-electron chi connectivity index (χ3n) is 5.96. The minimum atomic E-state index is -0.0471. The average molecular weight is 391 g/mol. The van der Waals surface area contributed by atoms with Crippen molar-refractivity contribution in [2.45, 2.75) is 13.0 Å². The molecule has 1 aliphatic rings. The minimum Gasteiger partial charge on any atom is -0.355 e. The van der Waals surface area contributed by atoms with Crippen molar-refractivity contribution in [3.05, 3.63) is 71.4 Å². The van der Waals surface area contributed by atoms with Crippen LogP contribution in [0.15, 0.2) is 54.7 Å². The Hall–Kier alpha value is -2.63. The van der Waals surface area contributed by atoms with Gasteiger partial charge in [-0.15, -0.1) is 0 Å². The fourth-order valence-corrected chi connectivity index (χ4v) is 4.11. The Kier molecular flexibility index (Phi) is 5.97. The molecule has 0 aliphatic carbocycles. The summed E-state index contributed by atoms with van der Waals surface area (Å²) in [7, 11) is 3.86. The summed E-state index contributed by atoms with van der Waals surface area (Å²) in [6, 6.07) is 16.6. The predicted octanol–water partition coefficient (Wildman–Crippen LogP) is 2.84. The molecule has 1 N–H and O–H groups in total. The van der Waals surface area contributed by atoms with Crippen molar-refractivity contribution in [2.24, 2.45) is 0 Å². The summed E-state index contributed by atoms with van der Waals surface area (Å²) in [5.74, 6) is -0.0471. The van der Waals surface area contributed by atoms with E-state index >= 15 is 0 Å². The molecule has 0 unspecified atom stereocenters. The van der Waals surface area contributed by atoms with E-state index in [2.05, 4.69) is 57.2 Å². The van der Waals surface area contributed by atoms with Gasteiger partial charge in [-0.1, -0.05) is 30.3 Å². The molecule has 0 bridgehead atoms. The number of likely N-dealkylation sites (N-methyl/N-ethyl adjacent to an activating group) is 1. The van der Waals surface area contributed by atoms with E-state index in [1.807, 2.05) is 24.3 Å². The summed E-state index contributed by atoms with van der Waals surface area (Å²) in [4.78, 5) is 16.7. The zero-order chi connectivity index (χ0) is 20.2. The Morgan fingerprint density at radius 1 is 1.00 bits per heavy atom. The normalized spacial score (nSPS) is 15.7. The molecule has 3 aromatic rings. The highest BCUT2D eigenvalue weighted by Gasteiger charge is 2.15. The van der Waals surface area contributed by atoms with Gasteiger partial charge in [-0.25, -0.2) is 0 Å². The molecule has 1 aliphatic heterocycles.